The van der Waals surface area contributed by atoms with E-state index in [1.165, 1.54) is 0 Å². The maximum absolute atomic E-state index is 13.2. The zero-order valence-electron chi connectivity index (χ0n) is 18.4. The van der Waals surface area contributed by atoms with Crippen molar-refractivity contribution in [3.05, 3.63) is 64.7 Å². The topological polar surface area (TPSA) is 55.4 Å². The minimum Gasteiger partial charge on any atom is -0.450 e. The number of hydrogen-bond acceptors (Lipinski definition) is 3. The quantitative estimate of drug-likeness (QED) is 0.460. The molecule has 4 aliphatic rings. The van der Waals surface area contributed by atoms with Gasteiger partial charge in [-0.05, 0) is 98.2 Å². The zero-order chi connectivity index (χ0) is 24.1. The number of carbonyl (C=O) groups excluding carboxylic acids is 2. The highest BCUT2D eigenvalue weighted by molar-refractivity contribution is 6.30. The van der Waals surface area contributed by atoms with Crippen LogP contribution < -0.4 is 5.32 Å². The molecular formula is C26H25ClF3NO3. The van der Waals surface area contributed by atoms with Crippen LogP contribution >= 0.6 is 11.6 Å². The average molecular weight is 492 g/mol. The number of halogens is 4. The molecule has 0 heterocycles. The fourth-order valence-electron chi connectivity index (χ4n) is 6.76. The first-order valence-corrected chi connectivity index (χ1v) is 11.9. The summed E-state index contributed by atoms with van der Waals surface area (Å²) in [6.07, 6.45) is -0.383. The fourth-order valence-corrected chi connectivity index (χ4v) is 6.89. The number of esters is 1. The lowest BCUT2D eigenvalue weighted by atomic mass is 9.47. The Morgan fingerprint density at radius 1 is 0.912 bits per heavy atom. The molecule has 4 bridgehead atoms. The van der Waals surface area contributed by atoms with Gasteiger partial charge in [0.25, 0.3) is 5.91 Å². The van der Waals surface area contributed by atoms with Gasteiger partial charge >= 0.3 is 12.1 Å². The predicted molar refractivity (Wildman–Crippen MR) is 121 cm³/mol. The number of alkyl halides is 3. The molecule has 2 aromatic rings. The molecule has 4 fully saturated rings. The van der Waals surface area contributed by atoms with Gasteiger partial charge in [-0.2, -0.15) is 13.2 Å². The van der Waals surface area contributed by atoms with Gasteiger partial charge in [-0.15, -0.1) is 0 Å². The molecule has 1 amide bonds. The number of amides is 1. The number of hydrogen-bond donors (Lipinski definition) is 1. The molecule has 4 aliphatic carbocycles. The van der Waals surface area contributed by atoms with Crippen molar-refractivity contribution in [2.45, 2.75) is 50.8 Å². The maximum Gasteiger partial charge on any atom is 0.490 e. The smallest absolute Gasteiger partial charge is 0.450 e. The second-order valence-corrected chi connectivity index (χ2v) is 10.6. The molecule has 6 rings (SSSR count). The van der Waals surface area contributed by atoms with E-state index in [0.29, 0.717) is 39.6 Å². The van der Waals surface area contributed by atoms with Crippen LogP contribution in [0.5, 0.6) is 0 Å². The Kier molecular flexibility index (Phi) is 5.87. The fraction of sp³-hybridized carbons (Fsp3) is 0.462. The van der Waals surface area contributed by atoms with E-state index in [4.69, 9.17) is 16.3 Å². The highest BCUT2D eigenvalue weighted by Crippen LogP contribution is 2.65. The molecule has 4 saturated carbocycles. The molecule has 1 N–H and O–H groups in total. The van der Waals surface area contributed by atoms with Crippen LogP contribution in [0.15, 0.2) is 48.5 Å². The molecule has 0 saturated heterocycles. The van der Waals surface area contributed by atoms with Crippen LogP contribution in [0.2, 0.25) is 5.02 Å². The van der Waals surface area contributed by atoms with Gasteiger partial charge in [0.2, 0.25) is 0 Å². The molecule has 8 heteroatoms. The van der Waals surface area contributed by atoms with Crippen molar-refractivity contribution in [3.63, 3.8) is 0 Å². The van der Waals surface area contributed by atoms with Crippen molar-refractivity contribution in [3.8, 4) is 0 Å². The standard InChI is InChI=1S/C26H25ClF3NO3/c27-20-5-7-21(8-6-20)31-23(32)19-3-1-18(2-4-19)22(34-24(33)26(28,29)30)25-12-15-9-16(13-25)11-17(10-15)14-25/h1-8,15-17,22H,9-14H2,(H,31,32). The Labute approximate surface area is 200 Å². The van der Waals surface area contributed by atoms with Crippen molar-refractivity contribution in [2.75, 3.05) is 5.32 Å². The number of anilines is 1. The summed E-state index contributed by atoms with van der Waals surface area (Å²) in [4.78, 5) is 24.6. The minimum atomic E-state index is -5.06. The number of ether oxygens (including phenoxy) is 1. The Morgan fingerprint density at radius 2 is 1.44 bits per heavy atom. The van der Waals surface area contributed by atoms with Crippen molar-refractivity contribution < 1.29 is 27.5 Å². The molecule has 0 aliphatic heterocycles. The summed E-state index contributed by atoms with van der Waals surface area (Å²) in [7, 11) is 0. The second kappa shape index (κ2) is 8.59. The zero-order valence-corrected chi connectivity index (χ0v) is 19.2. The minimum absolute atomic E-state index is 0.352. The molecule has 0 radical (unpaired) electrons. The van der Waals surface area contributed by atoms with Gasteiger partial charge in [0.05, 0.1) is 0 Å². The number of carbonyl (C=O) groups is 2. The van der Waals surface area contributed by atoms with Gasteiger partial charge in [0.1, 0.15) is 6.10 Å². The lowest BCUT2D eigenvalue weighted by molar-refractivity contribution is -0.220. The van der Waals surface area contributed by atoms with Crippen LogP contribution in [-0.4, -0.2) is 18.1 Å². The molecule has 4 nitrogen and oxygen atoms in total. The van der Waals surface area contributed by atoms with Crippen LogP contribution in [-0.2, 0) is 9.53 Å². The molecular weight excluding hydrogens is 467 g/mol. The van der Waals surface area contributed by atoms with Crippen LogP contribution in [0, 0.1) is 23.2 Å². The van der Waals surface area contributed by atoms with E-state index in [1.807, 2.05) is 0 Å². The summed E-state index contributed by atoms with van der Waals surface area (Å²) in [5, 5.41) is 3.31. The summed E-state index contributed by atoms with van der Waals surface area (Å²) in [6.45, 7) is 0. The second-order valence-electron chi connectivity index (χ2n) is 10.1. The van der Waals surface area contributed by atoms with E-state index in [0.717, 1.165) is 38.5 Å². The molecule has 0 aromatic heterocycles. The van der Waals surface area contributed by atoms with E-state index in [1.54, 1.807) is 48.5 Å². The van der Waals surface area contributed by atoms with E-state index in [9.17, 15) is 22.8 Å². The first kappa shape index (κ1) is 23.2. The van der Waals surface area contributed by atoms with Crippen LogP contribution in [0.25, 0.3) is 0 Å². The third kappa shape index (κ3) is 4.54. The van der Waals surface area contributed by atoms with Gasteiger partial charge in [-0.25, -0.2) is 4.79 Å². The molecule has 2 aromatic carbocycles. The molecule has 0 spiro atoms. The monoisotopic (exact) mass is 491 g/mol. The van der Waals surface area contributed by atoms with Gasteiger partial charge in [-0.3, -0.25) is 4.79 Å². The van der Waals surface area contributed by atoms with E-state index < -0.39 is 23.7 Å². The van der Waals surface area contributed by atoms with Crippen molar-refractivity contribution in [1.82, 2.24) is 0 Å². The Balaban J connectivity index is 1.40. The summed E-state index contributed by atoms with van der Waals surface area (Å²) in [5.74, 6) is -1.08. The Morgan fingerprint density at radius 3 is 1.94 bits per heavy atom. The molecule has 34 heavy (non-hydrogen) atoms. The van der Waals surface area contributed by atoms with Gasteiger partial charge < -0.3 is 10.1 Å². The van der Waals surface area contributed by atoms with Gasteiger partial charge in [0, 0.05) is 21.7 Å². The lowest BCUT2D eigenvalue weighted by Crippen LogP contribution is -2.50. The van der Waals surface area contributed by atoms with E-state index in [2.05, 4.69) is 5.32 Å². The predicted octanol–water partition coefficient (Wildman–Crippen LogP) is 6.96. The van der Waals surface area contributed by atoms with Crippen LogP contribution in [0.1, 0.15) is 60.6 Å². The largest absolute Gasteiger partial charge is 0.490 e. The number of nitrogens with one attached hydrogen (secondary N) is 1. The summed E-state index contributed by atoms with van der Waals surface area (Å²) < 4.78 is 44.7. The van der Waals surface area contributed by atoms with Gasteiger partial charge in [0.15, 0.2) is 0 Å². The van der Waals surface area contributed by atoms with Gasteiger partial charge in [-0.1, -0.05) is 23.7 Å². The molecule has 180 valence electrons. The lowest BCUT2D eigenvalue weighted by Gasteiger charge is -2.58. The van der Waals surface area contributed by atoms with Crippen molar-refractivity contribution in [1.29, 1.82) is 0 Å². The highest BCUT2D eigenvalue weighted by atomic mass is 35.5. The van der Waals surface area contributed by atoms with E-state index >= 15 is 0 Å². The summed E-state index contributed by atoms with van der Waals surface area (Å²) in [6, 6.07) is 13.0. The van der Waals surface area contributed by atoms with Crippen molar-refractivity contribution in [2.24, 2.45) is 23.2 Å². The Bertz CT molecular complexity index is 1050. The highest BCUT2D eigenvalue weighted by Gasteiger charge is 2.57. The third-order valence-electron chi connectivity index (χ3n) is 7.68. The number of benzene rings is 2. The normalized spacial score (nSPS) is 28.4. The molecule has 1 atom stereocenters. The van der Waals surface area contributed by atoms with Crippen LogP contribution in [0.4, 0.5) is 18.9 Å². The van der Waals surface area contributed by atoms with Crippen LogP contribution in [0.3, 0.4) is 0 Å². The van der Waals surface area contributed by atoms with Crippen molar-refractivity contribution >= 4 is 29.2 Å². The third-order valence-corrected chi connectivity index (χ3v) is 7.93. The Hall–Kier alpha value is -2.54. The first-order chi connectivity index (χ1) is 16.1. The first-order valence-electron chi connectivity index (χ1n) is 11.6. The summed E-state index contributed by atoms with van der Waals surface area (Å²) in [5.41, 5.74) is 0.944. The number of rotatable bonds is 5. The maximum atomic E-state index is 13.2. The average Bonchev–Trinajstić information content (AvgIpc) is 2.77. The summed E-state index contributed by atoms with van der Waals surface area (Å²) >= 11 is 5.87. The van der Waals surface area contributed by atoms with E-state index in [-0.39, 0.29) is 5.91 Å². The molecule has 1 unspecified atom stereocenters. The SMILES string of the molecule is O=C(Nc1ccc(Cl)cc1)c1ccc(C(OC(=O)C(F)(F)F)C23CC4CC(CC(C4)C2)C3)cc1.